The molecule has 3 heterocycles. The zero-order valence-electron chi connectivity index (χ0n) is 20.4. The van der Waals surface area contributed by atoms with Gasteiger partial charge in [-0.3, -0.25) is 9.59 Å². The summed E-state index contributed by atoms with van der Waals surface area (Å²) in [6, 6.07) is 5.89. The Kier molecular flexibility index (Phi) is 8.58. The van der Waals surface area contributed by atoms with Gasteiger partial charge in [-0.2, -0.15) is 0 Å². The number of nitrogens with zero attached hydrogens (tertiary/aromatic N) is 3. The Morgan fingerprint density at radius 3 is 2.73 bits per heavy atom. The zero-order valence-corrected chi connectivity index (χ0v) is 20.4. The number of ether oxygens (including phenoxy) is 3. The first-order chi connectivity index (χ1) is 17.9. The van der Waals surface area contributed by atoms with Crippen molar-refractivity contribution in [1.29, 1.82) is 0 Å². The smallest absolute Gasteiger partial charge is 0.270 e. The lowest BCUT2D eigenvalue weighted by molar-refractivity contribution is -0.170. The van der Waals surface area contributed by atoms with Gasteiger partial charge in [0.05, 0.1) is 32.1 Å². The molecule has 0 bridgehead atoms. The number of rotatable bonds is 9. The van der Waals surface area contributed by atoms with E-state index in [4.69, 9.17) is 24.2 Å². The molecule has 3 N–H and O–H groups in total. The molecule has 2 aliphatic heterocycles. The third-order valence-electron chi connectivity index (χ3n) is 5.81. The summed E-state index contributed by atoms with van der Waals surface area (Å²) in [5.74, 6) is -0.899. The highest BCUT2D eigenvalue weighted by Gasteiger charge is 2.35. The summed E-state index contributed by atoms with van der Waals surface area (Å²) in [5, 5.41) is 18.2. The van der Waals surface area contributed by atoms with E-state index in [1.807, 2.05) is 0 Å². The molecule has 0 radical (unpaired) electrons. The predicted octanol–water partition coefficient (Wildman–Crippen LogP) is 0.248. The molecule has 0 spiro atoms. The van der Waals surface area contributed by atoms with Gasteiger partial charge < -0.3 is 34.8 Å². The van der Waals surface area contributed by atoms with Gasteiger partial charge in [0.25, 0.3) is 5.91 Å². The van der Waals surface area contributed by atoms with Crippen LogP contribution in [-0.2, 0) is 25.7 Å². The van der Waals surface area contributed by atoms with Crippen LogP contribution in [0.15, 0.2) is 29.4 Å². The highest BCUT2D eigenvalue weighted by molar-refractivity contribution is 6.02. The van der Waals surface area contributed by atoms with E-state index < -0.39 is 30.3 Å². The molecule has 2 amide bonds. The maximum Gasteiger partial charge on any atom is 0.270 e. The number of nitrogens with one attached hydrogen (secondary N) is 2. The lowest BCUT2D eigenvalue weighted by Crippen LogP contribution is -2.47. The number of aliphatic hydroxyl groups excluding tert-OH is 1. The number of carbonyl (C=O) groups is 2. The molecule has 0 saturated carbocycles. The minimum Gasteiger partial charge on any atom is -0.494 e. The lowest BCUT2D eigenvalue weighted by Gasteiger charge is -2.31. The van der Waals surface area contributed by atoms with Crippen LogP contribution in [0.4, 0.5) is 4.39 Å². The largest absolute Gasteiger partial charge is 0.494 e. The quantitative estimate of drug-likeness (QED) is 0.425. The summed E-state index contributed by atoms with van der Waals surface area (Å²) in [6.07, 6.45) is -0.698. The molecular weight excluding hydrogens is 489 g/mol. The van der Waals surface area contributed by atoms with Crippen molar-refractivity contribution in [1.82, 2.24) is 20.6 Å². The number of methoxy groups -OCH3 is 1. The van der Waals surface area contributed by atoms with E-state index >= 15 is 0 Å². The van der Waals surface area contributed by atoms with Crippen molar-refractivity contribution in [2.75, 3.05) is 33.5 Å². The third kappa shape index (κ3) is 6.76. The Morgan fingerprint density at radius 2 is 2.00 bits per heavy atom. The van der Waals surface area contributed by atoms with Crippen molar-refractivity contribution in [3.63, 3.8) is 0 Å². The number of aliphatic hydroxyl groups is 1. The number of carbonyl (C=O) groups excluding carboxylic acids is 2. The first-order valence-corrected chi connectivity index (χ1v) is 11.7. The third-order valence-corrected chi connectivity index (χ3v) is 5.81. The van der Waals surface area contributed by atoms with E-state index in [2.05, 4.69) is 25.8 Å². The second kappa shape index (κ2) is 12.0. The van der Waals surface area contributed by atoms with Gasteiger partial charge in [0.1, 0.15) is 29.9 Å². The molecule has 2 aliphatic rings. The fourth-order valence-corrected chi connectivity index (χ4v) is 3.84. The van der Waals surface area contributed by atoms with E-state index in [1.165, 1.54) is 25.3 Å². The van der Waals surface area contributed by atoms with Gasteiger partial charge in [0.2, 0.25) is 5.91 Å². The monoisotopic (exact) mass is 517 g/mol. The van der Waals surface area contributed by atoms with Gasteiger partial charge in [-0.15, -0.1) is 0 Å². The maximum absolute atomic E-state index is 13.6. The fourth-order valence-electron chi connectivity index (χ4n) is 3.84. The Balaban J connectivity index is 1.32. The molecule has 0 aliphatic carbocycles. The minimum atomic E-state index is -0.582. The number of aryl methyl sites for hydroxylation is 1. The summed E-state index contributed by atoms with van der Waals surface area (Å²) in [7, 11) is 1.37. The van der Waals surface area contributed by atoms with Crippen molar-refractivity contribution in [3.8, 4) is 5.75 Å². The molecule has 1 aromatic heterocycles. The molecule has 198 valence electrons. The number of amides is 2. The number of oxime groups is 1. The molecular formula is C24H28FN5O7. The first kappa shape index (κ1) is 26.4. The van der Waals surface area contributed by atoms with Crippen molar-refractivity contribution in [3.05, 3.63) is 52.9 Å². The number of hydrogen-bond donors (Lipinski definition) is 3. The second-order valence-corrected chi connectivity index (χ2v) is 8.51. The number of hydrogen-bond acceptors (Lipinski definition) is 10. The van der Waals surface area contributed by atoms with Crippen LogP contribution in [0.2, 0.25) is 0 Å². The van der Waals surface area contributed by atoms with E-state index in [0.717, 1.165) is 0 Å². The van der Waals surface area contributed by atoms with Crippen LogP contribution in [0.5, 0.6) is 5.75 Å². The van der Waals surface area contributed by atoms with Crippen LogP contribution in [0.25, 0.3) is 0 Å². The average Bonchev–Trinajstić information content (AvgIpc) is 3.41. The summed E-state index contributed by atoms with van der Waals surface area (Å²) in [5.41, 5.74) is 1.84. The van der Waals surface area contributed by atoms with Crippen LogP contribution in [0, 0.1) is 12.7 Å². The average molecular weight is 518 g/mol. The Hall–Kier alpha value is -3.68. The Bertz CT molecular complexity index is 1170. The Morgan fingerprint density at radius 1 is 1.16 bits per heavy atom. The summed E-state index contributed by atoms with van der Waals surface area (Å²) in [4.78, 5) is 38.1. The molecule has 13 heteroatoms. The highest BCUT2D eigenvalue weighted by Crippen LogP contribution is 2.23. The van der Waals surface area contributed by atoms with Crippen LogP contribution >= 0.6 is 0 Å². The van der Waals surface area contributed by atoms with Crippen LogP contribution in [-0.4, -0.2) is 84.4 Å². The summed E-state index contributed by atoms with van der Waals surface area (Å²) < 4.78 is 30.2. The van der Waals surface area contributed by atoms with E-state index in [1.54, 1.807) is 13.0 Å². The van der Waals surface area contributed by atoms with E-state index in [0.29, 0.717) is 29.2 Å². The topological polar surface area (TPSA) is 153 Å². The molecule has 37 heavy (non-hydrogen) atoms. The summed E-state index contributed by atoms with van der Waals surface area (Å²) in [6.45, 7) is 1.98. The van der Waals surface area contributed by atoms with Gasteiger partial charge >= 0.3 is 0 Å². The Labute approximate surface area is 212 Å². The van der Waals surface area contributed by atoms with Gasteiger partial charge in [0.15, 0.2) is 17.7 Å². The summed E-state index contributed by atoms with van der Waals surface area (Å²) >= 11 is 0. The van der Waals surface area contributed by atoms with Crippen molar-refractivity contribution >= 4 is 17.5 Å². The minimum absolute atomic E-state index is 0.0945. The highest BCUT2D eigenvalue weighted by atomic mass is 19.1. The molecule has 2 aromatic rings. The molecule has 1 aromatic carbocycles. The SMILES string of the molecule is COc1cc(CNC(=O)c2cc(C3=NO[C@H]([C@@H]4CO[C@H](CNC(=O)CO)CO4)C3)nc(C)n2)ccc1F. The van der Waals surface area contributed by atoms with Crippen LogP contribution < -0.4 is 15.4 Å². The molecule has 1 fully saturated rings. The van der Waals surface area contributed by atoms with Crippen molar-refractivity contribution in [2.45, 2.75) is 38.2 Å². The number of aromatic nitrogens is 2. The van der Waals surface area contributed by atoms with Gasteiger partial charge in [-0.25, -0.2) is 14.4 Å². The number of halogens is 1. The molecule has 4 rings (SSSR count). The van der Waals surface area contributed by atoms with Gasteiger partial charge in [0, 0.05) is 19.5 Å². The van der Waals surface area contributed by atoms with Crippen LogP contribution in [0.1, 0.15) is 34.0 Å². The van der Waals surface area contributed by atoms with Crippen molar-refractivity contribution < 1.29 is 38.1 Å². The molecule has 0 unspecified atom stereocenters. The predicted molar refractivity (Wildman–Crippen MR) is 126 cm³/mol. The lowest BCUT2D eigenvalue weighted by atomic mass is 10.0. The van der Waals surface area contributed by atoms with Gasteiger partial charge in [-0.05, 0) is 30.7 Å². The zero-order chi connectivity index (χ0) is 26.4. The molecule has 3 atom stereocenters. The van der Waals surface area contributed by atoms with E-state index in [-0.39, 0.29) is 50.0 Å². The molecule has 12 nitrogen and oxygen atoms in total. The van der Waals surface area contributed by atoms with Crippen LogP contribution in [0.3, 0.4) is 0 Å². The molecule has 1 saturated heterocycles. The van der Waals surface area contributed by atoms with E-state index in [9.17, 15) is 14.0 Å². The second-order valence-electron chi connectivity index (χ2n) is 8.51. The normalized spacial score (nSPS) is 21.1. The first-order valence-electron chi connectivity index (χ1n) is 11.7. The standard InChI is InChI=1S/C24H28FN5O7/c1-13-28-17(6-19(29-13)24(33)27-8-14-3-4-16(25)20(5-14)34-2)18-7-21(37-30-18)22-12-35-15(11-36-22)9-26-23(32)10-31/h3-6,15,21-22,31H,7-12H2,1-2H3,(H,26,32)(H,27,33)/t15-,21+,22+/m1/s1. The maximum atomic E-state index is 13.6. The fraction of sp³-hybridized carbons (Fsp3) is 0.458. The number of benzene rings is 1. The van der Waals surface area contributed by atoms with Crippen molar-refractivity contribution in [2.24, 2.45) is 5.16 Å². The van der Waals surface area contributed by atoms with Gasteiger partial charge in [-0.1, -0.05) is 11.2 Å².